The van der Waals surface area contributed by atoms with Crippen molar-refractivity contribution in [3.05, 3.63) is 35.4 Å². The summed E-state index contributed by atoms with van der Waals surface area (Å²) in [6.45, 7) is 0. The van der Waals surface area contributed by atoms with Gasteiger partial charge in [-0.15, -0.1) is 0 Å². The zero-order valence-electron chi connectivity index (χ0n) is 9.55. The van der Waals surface area contributed by atoms with Crippen LogP contribution in [0.2, 0.25) is 0 Å². The van der Waals surface area contributed by atoms with Crippen LogP contribution in [0, 0.1) is 17.2 Å². The molecule has 0 amide bonds. The predicted molar refractivity (Wildman–Crippen MR) is 61.0 cm³/mol. The normalized spacial score (nSPS) is 11.3. The molecule has 0 N–H and O–H groups in total. The Bertz CT molecular complexity index is 448. The van der Waals surface area contributed by atoms with Crippen LogP contribution in [0.3, 0.4) is 0 Å². The van der Waals surface area contributed by atoms with Crippen molar-refractivity contribution in [3.63, 3.8) is 0 Å². The lowest BCUT2D eigenvalue weighted by Gasteiger charge is -2.08. The second kappa shape index (κ2) is 6.44. The van der Waals surface area contributed by atoms with E-state index in [1.54, 1.807) is 18.2 Å². The number of methoxy groups -OCH3 is 1. The maximum atomic E-state index is 11.1. The first-order valence-electron chi connectivity index (χ1n) is 5.20. The fourth-order valence-corrected chi connectivity index (χ4v) is 1.54. The summed E-state index contributed by atoms with van der Waals surface area (Å²) in [5, 5.41) is 8.74. The highest BCUT2D eigenvalue weighted by Gasteiger charge is 2.14. The largest absolute Gasteiger partial charge is 0.469 e. The van der Waals surface area contributed by atoms with E-state index in [1.165, 1.54) is 7.11 Å². The molecule has 0 heterocycles. The standard InChI is InChI=1S/C13H13NO3/c1-17-13(16)7-12(9-15)6-10-3-2-4-11(5-10)8-14/h2-5,9,12H,6-7H2,1H3. The van der Waals surface area contributed by atoms with Gasteiger partial charge in [0.25, 0.3) is 0 Å². The molecule has 17 heavy (non-hydrogen) atoms. The summed E-state index contributed by atoms with van der Waals surface area (Å²) in [7, 11) is 1.29. The first kappa shape index (κ1) is 12.9. The SMILES string of the molecule is COC(=O)CC(C=O)Cc1cccc(C#N)c1. The molecule has 1 atom stereocenters. The number of benzene rings is 1. The number of rotatable bonds is 5. The number of nitriles is 1. The van der Waals surface area contributed by atoms with E-state index >= 15 is 0 Å². The first-order valence-corrected chi connectivity index (χ1v) is 5.20. The van der Waals surface area contributed by atoms with Crippen LogP contribution in [0.15, 0.2) is 24.3 Å². The molecular weight excluding hydrogens is 218 g/mol. The van der Waals surface area contributed by atoms with Gasteiger partial charge in [-0.2, -0.15) is 5.26 Å². The van der Waals surface area contributed by atoms with Gasteiger partial charge in [-0.1, -0.05) is 12.1 Å². The summed E-state index contributed by atoms with van der Waals surface area (Å²) in [5.74, 6) is -0.810. The minimum absolute atomic E-state index is 0.0663. The molecule has 0 saturated heterocycles. The van der Waals surface area contributed by atoms with E-state index in [1.807, 2.05) is 12.1 Å². The van der Waals surface area contributed by atoms with Crippen LogP contribution in [0.5, 0.6) is 0 Å². The number of aldehydes is 1. The molecule has 1 aromatic carbocycles. The molecule has 1 rings (SSSR count). The molecule has 0 fully saturated rings. The van der Waals surface area contributed by atoms with Gasteiger partial charge in [0, 0.05) is 5.92 Å². The van der Waals surface area contributed by atoms with Gasteiger partial charge >= 0.3 is 5.97 Å². The van der Waals surface area contributed by atoms with Crippen molar-refractivity contribution >= 4 is 12.3 Å². The Labute approximate surface area is 99.8 Å². The van der Waals surface area contributed by atoms with Gasteiger partial charge in [0.1, 0.15) is 6.29 Å². The summed E-state index contributed by atoms with van der Waals surface area (Å²) >= 11 is 0. The monoisotopic (exact) mass is 231 g/mol. The maximum absolute atomic E-state index is 11.1. The van der Waals surface area contributed by atoms with E-state index in [2.05, 4.69) is 4.74 Å². The summed E-state index contributed by atoms with van der Waals surface area (Å²) in [6.07, 6.45) is 1.25. The molecule has 0 aliphatic rings. The minimum atomic E-state index is -0.406. The quantitative estimate of drug-likeness (QED) is 0.568. The van der Waals surface area contributed by atoms with Crippen LogP contribution in [-0.4, -0.2) is 19.4 Å². The molecule has 1 aromatic rings. The van der Waals surface area contributed by atoms with E-state index in [-0.39, 0.29) is 6.42 Å². The molecule has 0 aliphatic carbocycles. The molecule has 1 unspecified atom stereocenters. The number of hydrogen-bond donors (Lipinski definition) is 0. The molecule has 4 heteroatoms. The van der Waals surface area contributed by atoms with E-state index < -0.39 is 11.9 Å². The van der Waals surface area contributed by atoms with Gasteiger partial charge in [-0.25, -0.2) is 0 Å². The Morgan fingerprint density at radius 1 is 1.59 bits per heavy atom. The average molecular weight is 231 g/mol. The molecule has 88 valence electrons. The van der Waals surface area contributed by atoms with Crippen LogP contribution in [0.25, 0.3) is 0 Å². The number of ether oxygens (including phenoxy) is 1. The lowest BCUT2D eigenvalue weighted by atomic mass is 9.97. The zero-order valence-corrected chi connectivity index (χ0v) is 9.55. The number of carbonyl (C=O) groups excluding carboxylic acids is 2. The third-order valence-corrected chi connectivity index (χ3v) is 2.40. The Morgan fingerprint density at radius 2 is 2.35 bits per heavy atom. The molecule has 0 bridgehead atoms. The van der Waals surface area contributed by atoms with Gasteiger partial charge < -0.3 is 9.53 Å². The van der Waals surface area contributed by atoms with Crippen LogP contribution in [0.4, 0.5) is 0 Å². The Hall–Kier alpha value is -2.15. The predicted octanol–water partition coefficient (Wildman–Crippen LogP) is 1.48. The van der Waals surface area contributed by atoms with Gasteiger partial charge in [0.2, 0.25) is 0 Å². The van der Waals surface area contributed by atoms with E-state index in [0.29, 0.717) is 12.0 Å². The van der Waals surface area contributed by atoms with Crippen molar-refractivity contribution in [2.24, 2.45) is 5.92 Å². The van der Waals surface area contributed by atoms with Crippen LogP contribution in [0.1, 0.15) is 17.5 Å². The van der Waals surface area contributed by atoms with Crippen LogP contribution in [-0.2, 0) is 20.7 Å². The summed E-state index contributed by atoms with van der Waals surface area (Å²) < 4.78 is 4.51. The van der Waals surface area contributed by atoms with Crippen molar-refractivity contribution in [2.75, 3.05) is 7.11 Å². The van der Waals surface area contributed by atoms with Crippen LogP contribution >= 0.6 is 0 Å². The second-order valence-electron chi connectivity index (χ2n) is 3.69. The molecule has 0 saturated carbocycles. The lowest BCUT2D eigenvalue weighted by Crippen LogP contribution is -2.13. The fourth-order valence-electron chi connectivity index (χ4n) is 1.54. The van der Waals surface area contributed by atoms with Crippen molar-refractivity contribution in [1.82, 2.24) is 0 Å². The topological polar surface area (TPSA) is 67.2 Å². The third kappa shape index (κ3) is 4.07. The Kier molecular flexibility index (Phi) is 4.89. The number of hydrogen-bond acceptors (Lipinski definition) is 4. The summed E-state index contributed by atoms with van der Waals surface area (Å²) in [4.78, 5) is 21.9. The van der Waals surface area contributed by atoms with E-state index in [0.717, 1.165) is 11.8 Å². The molecule has 0 radical (unpaired) electrons. The second-order valence-corrected chi connectivity index (χ2v) is 3.69. The number of esters is 1. The van der Waals surface area contributed by atoms with Crippen molar-refractivity contribution in [3.8, 4) is 6.07 Å². The fraction of sp³-hybridized carbons (Fsp3) is 0.308. The van der Waals surface area contributed by atoms with Crippen molar-refractivity contribution in [2.45, 2.75) is 12.8 Å². The van der Waals surface area contributed by atoms with Crippen molar-refractivity contribution < 1.29 is 14.3 Å². The smallest absolute Gasteiger partial charge is 0.306 e. The van der Waals surface area contributed by atoms with Gasteiger partial charge in [0.15, 0.2) is 0 Å². The number of carbonyl (C=O) groups is 2. The van der Waals surface area contributed by atoms with Gasteiger partial charge in [0.05, 0.1) is 25.2 Å². The molecule has 0 aromatic heterocycles. The highest BCUT2D eigenvalue weighted by Crippen LogP contribution is 2.12. The minimum Gasteiger partial charge on any atom is -0.469 e. The summed E-state index contributed by atoms with van der Waals surface area (Å²) in [6, 6.07) is 9.03. The van der Waals surface area contributed by atoms with Gasteiger partial charge in [-0.05, 0) is 24.1 Å². The molecular formula is C13H13NO3. The highest BCUT2D eigenvalue weighted by molar-refractivity contribution is 5.73. The van der Waals surface area contributed by atoms with Crippen LogP contribution < -0.4 is 0 Å². The van der Waals surface area contributed by atoms with Crippen molar-refractivity contribution in [1.29, 1.82) is 5.26 Å². The molecule has 4 nitrogen and oxygen atoms in total. The Balaban J connectivity index is 2.70. The third-order valence-electron chi connectivity index (χ3n) is 2.40. The summed E-state index contributed by atoms with van der Waals surface area (Å²) in [5.41, 5.74) is 1.41. The maximum Gasteiger partial charge on any atom is 0.306 e. The Morgan fingerprint density at radius 3 is 2.94 bits per heavy atom. The number of nitrogens with zero attached hydrogens (tertiary/aromatic N) is 1. The molecule has 0 aliphatic heterocycles. The lowest BCUT2D eigenvalue weighted by molar-refractivity contribution is -0.142. The highest BCUT2D eigenvalue weighted by atomic mass is 16.5. The van der Waals surface area contributed by atoms with E-state index in [9.17, 15) is 9.59 Å². The zero-order chi connectivity index (χ0) is 12.7. The molecule has 0 spiro atoms. The first-order chi connectivity index (χ1) is 8.19. The van der Waals surface area contributed by atoms with E-state index in [4.69, 9.17) is 5.26 Å². The average Bonchev–Trinajstić information content (AvgIpc) is 2.37. The van der Waals surface area contributed by atoms with Gasteiger partial charge in [-0.3, -0.25) is 4.79 Å².